The molecular weight excluding hydrogens is 274 g/mol. The number of aromatic hydroxyl groups is 1. The molecule has 1 aliphatic rings. The third-order valence-corrected chi connectivity index (χ3v) is 4.79. The Hall–Kier alpha value is -1.88. The minimum atomic E-state index is -0.716. The normalized spacial score (nSPS) is 17.7. The van der Waals surface area contributed by atoms with Crippen LogP contribution >= 0.6 is 11.3 Å². The second kappa shape index (κ2) is 5.25. The van der Waals surface area contributed by atoms with Gasteiger partial charge >= 0.3 is 5.97 Å². The maximum Gasteiger partial charge on any atom is 0.306 e. The van der Waals surface area contributed by atoms with E-state index >= 15 is 0 Å². The number of hydrogen-bond acceptors (Lipinski definition) is 4. The topological polar surface area (TPSA) is 70.4 Å². The molecule has 1 aromatic heterocycles. The highest BCUT2D eigenvalue weighted by Crippen LogP contribution is 2.32. The number of phenols is 1. The fourth-order valence-electron chi connectivity index (χ4n) is 2.54. The lowest BCUT2D eigenvalue weighted by atomic mass is 9.91. The lowest BCUT2D eigenvalue weighted by Gasteiger charge is -2.16. The summed E-state index contributed by atoms with van der Waals surface area (Å²) in [6.07, 6.45) is 2.59. The second-order valence-corrected chi connectivity index (χ2v) is 6.23. The van der Waals surface area contributed by atoms with Crippen LogP contribution in [0, 0.1) is 5.92 Å². The summed E-state index contributed by atoms with van der Waals surface area (Å²) in [7, 11) is 0. The summed E-state index contributed by atoms with van der Waals surface area (Å²) in [4.78, 5) is 16.7. The summed E-state index contributed by atoms with van der Waals surface area (Å²) >= 11 is 1.57. The van der Waals surface area contributed by atoms with Crippen LogP contribution in [0.15, 0.2) is 24.3 Å². The van der Waals surface area contributed by atoms with E-state index in [0.717, 1.165) is 27.6 Å². The first-order valence-electron chi connectivity index (χ1n) is 6.60. The Morgan fingerprint density at radius 3 is 2.95 bits per heavy atom. The Labute approximate surface area is 120 Å². The molecule has 0 radical (unpaired) electrons. The number of rotatable bonds is 3. The van der Waals surface area contributed by atoms with E-state index < -0.39 is 5.97 Å². The van der Waals surface area contributed by atoms with Crippen molar-refractivity contribution in [3.05, 3.63) is 45.4 Å². The number of benzene rings is 1. The average molecular weight is 289 g/mol. The number of aromatic nitrogens is 1. The van der Waals surface area contributed by atoms with Gasteiger partial charge < -0.3 is 10.2 Å². The molecule has 20 heavy (non-hydrogen) atoms. The van der Waals surface area contributed by atoms with Crippen molar-refractivity contribution < 1.29 is 15.0 Å². The largest absolute Gasteiger partial charge is 0.508 e. The van der Waals surface area contributed by atoms with Crippen LogP contribution in [0.3, 0.4) is 0 Å². The minimum Gasteiger partial charge on any atom is -0.508 e. The zero-order valence-corrected chi connectivity index (χ0v) is 11.7. The van der Waals surface area contributed by atoms with E-state index in [1.165, 1.54) is 0 Å². The van der Waals surface area contributed by atoms with E-state index in [9.17, 15) is 9.90 Å². The number of para-hydroxylation sites is 1. The quantitative estimate of drug-likeness (QED) is 0.911. The molecule has 0 aliphatic heterocycles. The molecule has 2 N–H and O–H groups in total. The molecule has 4 nitrogen and oxygen atoms in total. The summed E-state index contributed by atoms with van der Waals surface area (Å²) in [5.41, 5.74) is 1.89. The first-order chi connectivity index (χ1) is 9.63. The molecule has 1 aliphatic carbocycles. The number of aryl methyl sites for hydroxylation is 1. The number of carbonyl (C=O) groups is 1. The number of carboxylic acid groups (broad SMARTS) is 1. The van der Waals surface area contributed by atoms with Crippen LogP contribution < -0.4 is 0 Å². The van der Waals surface area contributed by atoms with Crippen molar-refractivity contribution in [2.45, 2.75) is 25.7 Å². The van der Waals surface area contributed by atoms with Gasteiger partial charge in [0.1, 0.15) is 5.75 Å². The number of hydrogen-bond donors (Lipinski definition) is 2. The molecule has 0 spiro atoms. The van der Waals surface area contributed by atoms with Gasteiger partial charge in [0.2, 0.25) is 0 Å². The van der Waals surface area contributed by atoms with Crippen LogP contribution in [-0.4, -0.2) is 21.2 Å². The predicted molar refractivity (Wildman–Crippen MR) is 76.2 cm³/mol. The van der Waals surface area contributed by atoms with Gasteiger partial charge in [-0.2, -0.15) is 0 Å². The van der Waals surface area contributed by atoms with Crippen LogP contribution in [0.2, 0.25) is 0 Å². The second-order valence-electron chi connectivity index (χ2n) is 5.06. The fraction of sp³-hybridized carbons (Fsp3) is 0.333. The first kappa shape index (κ1) is 13.1. The smallest absolute Gasteiger partial charge is 0.306 e. The van der Waals surface area contributed by atoms with Crippen molar-refractivity contribution in [1.29, 1.82) is 0 Å². The van der Waals surface area contributed by atoms with Crippen LogP contribution in [0.1, 0.15) is 27.6 Å². The summed E-state index contributed by atoms with van der Waals surface area (Å²) < 4.78 is 0. The van der Waals surface area contributed by atoms with Gasteiger partial charge in [0.15, 0.2) is 0 Å². The van der Waals surface area contributed by atoms with Gasteiger partial charge in [0.25, 0.3) is 0 Å². The summed E-state index contributed by atoms with van der Waals surface area (Å²) in [6.45, 7) is 0. The van der Waals surface area contributed by atoms with E-state index in [4.69, 9.17) is 5.11 Å². The molecule has 104 valence electrons. The standard InChI is InChI=1S/C15H15NO3S/c17-12-4-2-1-3-9(12)8-14-16-11-6-5-10(15(18)19)7-13(11)20-14/h1-4,10,17H,5-8H2,(H,18,19). The molecule has 1 heterocycles. The minimum absolute atomic E-state index is 0.277. The highest BCUT2D eigenvalue weighted by Gasteiger charge is 2.27. The summed E-state index contributed by atoms with van der Waals surface area (Å²) in [6, 6.07) is 7.24. The predicted octanol–water partition coefficient (Wildman–Crippen LogP) is 2.63. The Bertz CT molecular complexity index is 650. The van der Waals surface area contributed by atoms with Crippen LogP contribution in [-0.2, 0) is 24.1 Å². The lowest BCUT2D eigenvalue weighted by molar-refractivity contribution is -0.142. The molecule has 2 aromatic rings. The van der Waals surface area contributed by atoms with E-state index in [2.05, 4.69) is 4.98 Å². The summed E-state index contributed by atoms with van der Waals surface area (Å²) in [5, 5.41) is 19.8. The molecule has 1 aromatic carbocycles. The maximum atomic E-state index is 11.1. The SMILES string of the molecule is O=C(O)C1CCc2nc(Cc3ccccc3O)sc2C1. The third kappa shape index (κ3) is 2.54. The lowest BCUT2D eigenvalue weighted by Crippen LogP contribution is -2.21. The van der Waals surface area contributed by atoms with Crippen molar-refractivity contribution in [3.8, 4) is 5.75 Å². The van der Waals surface area contributed by atoms with Crippen molar-refractivity contribution in [1.82, 2.24) is 4.98 Å². The molecule has 5 heteroatoms. The van der Waals surface area contributed by atoms with Gasteiger partial charge in [-0.05, 0) is 25.3 Å². The number of aliphatic carboxylic acids is 1. The monoisotopic (exact) mass is 289 g/mol. The number of nitrogens with zero attached hydrogens (tertiary/aromatic N) is 1. The Kier molecular flexibility index (Phi) is 3.44. The molecule has 0 bridgehead atoms. The zero-order valence-electron chi connectivity index (χ0n) is 10.9. The number of carboxylic acids is 1. The van der Waals surface area contributed by atoms with Crippen LogP contribution in [0.5, 0.6) is 5.75 Å². The molecule has 0 saturated carbocycles. The molecule has 0 fully saturated rings. The van der Waals surface area contributed by atoms with Gasteiger partial charge in [0, 0.05) is 16.9 Å². The van der Waals surface area contributed by atoms with Gasteiger partial charge in [0.05, 0.1) is 16.6 Å². The molecule has 3 rings (SSSR count). The molecular formula is C15H15NO3S. The Balaban J connectivity index is 1.81. The van der Waals surface area contributed by atoms with Gasteiger partial charge in [-0.1, -0.05) is 18.2 Å². The number of phenolic OH excluding ortho intramolecular Hbond substituents is 1. The van der Waals surface area contributed by atoms with Crippen LogP contribution in [0.25, 0.3) is 0 Å². The van der Waals surface area contributed by atoms with E-state index in [1.807, 2.05) is 12.1 Å². The van der Waals surface area contributed by atoms with Crippen LogP contribution in [0.4, 0.5) is 0 Å². The van der Waals surface area contributed by atoms with Gasteiger partial charge in [-0.15, -0.1) is 11.3 Å². The highest BCUT2D eigenvalue weighted by molar-refractivity contribution is 7.11. The van der Waals surface area contributed by atoms with Gasteiger partial charge in [-0.25, -0.2) is 4.98 Å². The van der Waals surface area contributed by atoms with Crippen molar-refractivity contribution in [2.24, 2.45) is 5.92 Å². The molecule has 0 saturated heterocycles. The van der Waals surface area contributed by atoms with Gasteiger partial charge in [-0.3, -0.25) is 4.79 Å². The average Bonchev–Trinajstić information content (AvgIpc) is 2.82. The van der Waals surface area contributed by atoms with E-state index in [-0.39, 0.29) is 11.7 Å². The summed E-state index contributed by atoms with van der Waals surface area (Å²) in [5.74, 6) is -0.712. The molecule has 1 unspecified atom stereocenters. The maximum absolute atomic E-state index is 11.1. The first-order valence-corrected chi connectivity index (χ1v) is 7.42. The molecule has 1 atom stereocenters. The molecule has 0 amide bonds. The number of thiazole rings is 1. The Morgan fingerprint density at radius 2 is 2.20 bits per heavy atom. The fourth-order valence-corrected chi connectivity index (χ4v) is 3.76. The number of fused-ring (bicyclic) bond motifs is 1. The Morgan fingerprint density at radius 1 is 1.40 bits per heavy atom. The van der Waals surface area contributed by atoms with E-state index in [0.29, 0.717) is 19.3 Å². The third-order valence-electron chi connectivity index (χ3n) is 3.67. The van der Waals surface area contributed by atoms with Crippen molar-refractivity contribution in [2.75, 3.05) is 0 Å². The van der Waals surface area contributed by atoms with E-state index in [1.54, 1.807) is 23.5 Å². The zero-order chi connectivity index (χ0) is 14.1. The van der Waals surface area contributed by atoms with Crippen molar-refractivity contribution in [3.63, 3.8) is 0 Å². The van der Waals surface area contributed by atoms with Crippen molar-refractivity contribution >= 4 is 17.3 Å². The highest BCUT2D eigenvalue weighted by atomic mass is 32.1.